The van der Waals surface area contributed by atoms with Gasteiger partial charge in [-0.05, 0) is 62.0 Å². The molecule has 3 aliphatic rings. The van der Waals surface area contributed by atoms with Crippen molar-refractivity contribution in [3.63, 3.8) is 0 Å². The first-order valence-corrected chi connectivity index (χ1v) is 7.85. The number of benzene rings is 1. The van der Waals surface area contributed by atoms with Gasteiger partial charge in [0.05, 0.1) is 6.10 Å². The number of likely N-dealkylation sites (tertiary alicyclic amines) is 1. The Kier molecular flexibility index (Phi) is 2.67. The van der Waals surface area contributed by atoms with Gasteiger partial charge in [0, 0.05) is 11.5 Å². The Morgan fingerprint density at radius 3 is 2.95 bits per heavy atom. The summed E-state index contributed by atoms with van der Waals surface area (Å²) in [6.45, 7) is 1.05. The molecule has 0 spiro atoms. The van der Waals surface area contributed by atoms with Gasteiger partial charge in [-0.25, -0.2) is 0 Å². The number of nitrogens with zero attached hydrogens (tertiary/aromatic N) is 1. The highest BCUT2D eigenvalue weighted by molar-refractivity contribution is 5.46. The molecule has 1 saturated heterocycles. The zero-order valence-corrected chi connectivity index (χ0v) is 12.0. The number of aliphatic hydroxyl groups is 1. The standard InChI is InChI=1S/C17H23NO2/c1-18-9-8-17-7-3-2-4-13(17)15(18)16(20)12-6-5-11(19)10-14(12)17/h5-6,10,13,15-16,19-20H,2-4,7-9H2,1H3/t13-,15-,16-,17+/m1/s1. The molecular formula is C17H23NO2. The number of phenolic OH excluding ortho intramolecular Hbond substituents is 1. The fourth-order valence-electron chi connectivity index (χ4n) is 5.25. The summed E-state index contributed by atoms with van der Waals surface area (Å²) in [7, 11) is 2.15. The van der Waals surface area contributed by atoms with E-state index < -0.39 is 6.10 Å². The Labute approximate surface area is 120 Å². The Hall–Kier alpha value is -1.06. The maximum absolute atomic E-state index is 10.8. The van der Waals surface area contributed by atoms with Crippen LogP contribution in [0.5, 0.6) is 5.75 Å². The molecule has 4 rings (SSSR count). The molecule has 3 heteroatoms. The summed E-state index contributed by atoms with van der Waals surface area (Å²) < 4.78 is 0. The van der Waals surface area contributed by atoms with Crippen LogP contribution >= 0.6 is 0 Å². The molecule has 1 aromatic rings. The van der Waals surface area contributed by atoms with Gasteiger partial charge >= 0.3 is 0 Å². The molecule has 2 aliphatic carbocycles. The largest absolute Gasteiger partial charge is 0.508 e. The first kappa shape index (κ1) is 12.7. The highest BCUT2D eigenvalue weighted by Gasteiger charge is 2.56. The summed E-state index contributed by atoms with van der Waals surface area (Å²) in [5, 5.41) is 20.8. The summed E-state index contributed by atoms with van der Waals surface area (Å²) >= 11 is 0. The van der Waals surface area contributed by atoms with Gasteiger partial charge in [0.15, 0.2) is 0 Å². The van der Waals surface area contributed by atoms with Crippen LogP contribution in [0.1, 0.15) is 49.3 Å². The van der Waals surface area contributed by atoms with Gasteiger partial charge in [-0.3, -0.25) is 0 Å². The van der Waals surface area contributed by atoms with Crippen LogP contribution < -0.4 is 0 Å². The quantitative estimate of drug-likeness (QED) is 0.763. The second-order valence-electron chi connectivity index (χ2n) is 6.95. The molecule has 3 nitrogen and oxygen atoms in total. The van der Waals surface area contributed by atoms with Crippen molar-refractivity contribution in [1.82, 2.24) is 4.90 Å². The van der Waals surface area contributed by atoms with Crippen LogP contribution in [0.3, 0.4) is 0 Å². The second kappa shape index (κ2) is 4.22. The van der Waals surface area contributed by atoms with Crippen molar-refractivity contribution in [3.05, 3.63) is 29.3 Å². The zero-order valence-electron chi connectivity index (χ0n) is 12.0. The Bertz CT molecular complexity index is 544. The first-order valence-electron chi connectivity index (χ1n) is 7.85. The molecule has 108 valence electrons. The van der Waals surface area contributed by atoms with Crippen LogP contribution in [0.2, 0.25) is 0 Å². The third kappa shape index (κ3) is 1.48. The van der Waals surface area contributed by atoms with Gasteiger partial charge in [-0.15, -0.1) is 0 Å². The molecule has 1 heterocycles. The summed E-state index contributed by atoms with van der Waals surface area (Å²) in [6.07, 6.45) is 5.72. The lowest BCUT2D eigenvalue weighted by molar-refractivity contribution is -0.0680. The van der Waals surface area contributed by atoms with E-state index in [-0.39, 0.29) is 11.5 Å². The number of aliphatic hydroxyl groups excluding tert-OH is 1. The van der Waals surface area contributed by atoms with Crippen molar-refractivity contribution < 1.29 is 10.2 Å². The molecule has 20 heavy (non-hydrogen) atoms. The Balaban J connectivity index is 1.95. The fraction of sp³-hybridized carbons (Fsp3) is 0.647. The van der Waals surface area contributed by atoms with Crippen molar-refractivity contribution in [2.24, 2.45) is 5.92 Å². The monoisotopic (exact) mass is 273 g/mol. The lowest BCUT2D eigenvalue weighted by Crippen LogP contribution is -2.61. The molecule has 1 aromatic carbocycles. The molecule has 0 radical (unpaired) electrons. The van der Waals surface area contributed by atoms with E-state index in [1.165, 1.54) is 31.2 Å². The van der Waals surface area contributed by atoms with Crippen molar-refractivity contribution in [1.29, 1.82) is 0 Å². The molecule has 4 atom stereocenters. The number of phenols is 1. The van der Waals surface area contributed by atoms with Crippen LogP contribution in [0.25, 0.3) is 0 Å². The SMILES string of the molecule is CN1CC[C@@]23CCCC[C@@H]2[C@@H]1[C@H](O)c1ccc(O)cc13. The molecule has 2 N–H and O–H groups in total. The number of piperidine rings is 1. The molecule has 0 amide bonds. The lowest BCUT2D eigenvalue weighted by atomic mass is 9.52. The first-order chi connectivity index (χ1) is 9.63. The number of likely N-dealkylation sites (N-methyl/N-ethyl adjacent to an activating group) is 1. The van der Waals surface area contributed by atoms with E-state index in [1.807, 2.05) is 12.1 Å². The predicted molar refractivity (Wildman–Crippen MR) is 77.7 cm³/mol. The van der Waals surface area contributed by atoms with E-state index in [9.17, 15) is 10.2 Å². The van der Waals surface area contributed by atoms with E-state index >= 15 is 0 Å². The van der Waals surface area contributed by atoms with Crippen LogP contribution in [0.15, 0.2) is 18.2 Å². The van der Waals surface area contributed by atoms with Gasteiger partial charge in [-0.2, -0.15) is 0 Å². The third-order valence-corrected chi connectivity index (χ3v) is 6.15. The summed E-state index contributed by atoms with van der Waals surface area (Å²) in [5.74, 6) is 0.881. The Morgan fingerprint density at radius 2 is 2.10 bits per heavy atom. The molecule has 2 bridgehead atoms. The number of hydrogen-bond acceptors (Lipinski definition) is 3. The average Bonchev–Trinajstić information content (AvgIpc) is 2.46. The minimum atomic E-state index is -0.410. The van der Waals surface area contributed by atoms with Gasteiger partial charge in [0.25, 0.3) is 0 Å². The maximum Gasteiger partial charge on any atom is 0.115 e. The van der Waals surface area contributed by atoms with E-state index in [2.05, 4.69) is 11.9 Å². The zero-order chi connectivity index (χ0) is 13.9. The van der Waals surface area contributed by atoms with Crippen molar-refractivity contribution in [3.8, 4) is 5.75 Å². The van der Waals surface area contributed by atoms with E-state index in [4.69, 9.17) is 0 Å². The van der Waals surface area contributed by atoms with Gasteiger partial charge in [0.1, 0.15) is 5.75 Å². The minimum Gasteiger partial charge on any atom is -0.508 e. The summed E-state index contributed by atoms with van der Waals surface area (Å²) in [4.78, 5) is 2.36. The van der Waals surface area contributed by atoms with Gasteiger partial charge < -0.3 is 15.1 Å². The van der Waals surface area contributed by atoms with Crippen LogP contribution in [0.4, 0.5) is 0 Å². The third-order valence-electron chi connectivity index (χ3n) is 6.15. The maximum atomic E-state index is 10.8. The normalized spacial score (nSPS) is 40.0. The van der Waals surface area contributed by atoms with E-state index in [1.54, 1.807) is 6.07 Å². The lowest BCUT2D eigenvalue weighted by Gasteiger charge is -2.59. The molecule has 1 aliphatic heterocycles. The number of hydrogen-bond donors (Lipinski definition) is 2. The highest BCUT2D eigenvalue weighted by Crippen LogP contribution is 2.58. The predicted octanol–water partition coefficient (Wildman–Crippen LogP) is 2.57. The van der Waals surface area contributed by atoms with Crippen LogP contribution in [-0.2, 0) is 5.41 Å². The number of fused-ring (bicyclic) bond motifs is 1. The van der Waals surface area contributed by atoms with Gasteiger partial charge in [0.2, 0.25) is 0 Å². The molecule has 0 aromatic heterocycles. The van der Waals surface area contributed by atoms with E-state index in [0.29, 0.717) is 11.7 Å². The molecular weight excluding hydrogens is 250 g/mol. The topological polar surface area (TPSA) is 43.7 Å². The fourth-order valence-corrected chi connectivity index (χ4v) is 5.25. The summed E-state index contributed by atoms with van der Waals surface area (Å²) in [5.41, 5.74) is 2.49. The molecule has 0 unspecified atom stereocenters. The highest BCUT2D eigenvalue weighted by atomic mass is 16.3. The van der Waals surface area contributed by atoms with Crippen LogP contribution in [-0.4, -0.2) is 34.7 Å². The molecule has 2 fully saturated rings. The Morgan fingerprint density at radius 1 is 1.25 bits per heavy atom. The van der Waals surface area contributed by atoms with Crippen LogP contribution in [0, 0.1) is 5.92 Å². The molecule has 1 saturated carbocycles. The average molecular weight is 273 g/mol. The minimum absolute atomic E-state index is 0.197. The summed E-state index contributed by atoms with van der Waals surface area (Å²) in [6, 6.07) is 5.84. The smallest absolute Gasteiger partial charge is 0.115 e. The van der Waals surface area contributed by atoms with Gasteiger partial charge in [-0.1, -0.05) is 18.9 Å². The van der Waals surface area contributed by atoms with Crippen molar-refractivity contribution >= 4 is 0 Å². The number of rotatable bonds is 0. The van der Waals surface area contributed by atoms with Crippen molar-refractivity contribution in [2.45, 2.75) is 49.7 Å². The van der Waals surface area contributed by atoms with E-state index in [0.717, 1.165) is 18.5 Å². The second-order valence-corrected chi connectivity index (χ2v) is 6.95. The van der Waals surface area contributed by atoms with Crippen molar-refractivity contribution in [2.75, 3.05) is 13.6 Å². The number of aromatic hydroxyl groups is 1.